The van der Waals surface area contributed by atoms with E-state index in [9.17, 15) is 4.79 Å². The van der Waals surface area contributed by atoms with Gasteiger partial charge in [0, 0.05) is 5.75 Å². The van der Waals surface area contributed by atoms with Crippen LogP contribution in [0.4, 0.5) is 0 Å². The van der Waals surface area contributed by atoms with Gasteiger partial charge in [-0.05, 0) is 33.3 Å². The number of benzene rings is 1. The van der Waals surface area contributed by atoms with E-state index in [-0.39, 0.29) is 11.0 Å². The molecule has 0 aliphatic heterocycles. The molecule has 0 heterocycles. The van der Waals surface area contributed by atoms with E-state index in [4.69, 9.17) is 0 Å². The van der Waals surface area contributed by atoms with Gasteiger partial charge in [-0.25, -0.2) is 0 Å². The minimum absolute atomic E-state index is 0.103. The third-order valence-corrected chi connectivity index (χ3v) is 3.69. The lowest BCUT2D eigenvalue weighted by Gasteiger charge is -2.08. The maximum Gasteiger partial charge on any atom is 0.142 e. The number of thioether (sulfide) groups is 1. The number of Topliss-reactive ketones (excluding diaryl/α,β-unsaturated/α-hetero) is 1. The van der Waals surface area contributed by atoms with E-state index in [1.165, 1.54) is 16.7 Å². The highest BCUT2D eigenvalue weighted by molar-refractivity contribution is 7.99. The fourth-order valence-corrected chi connectivity index (χ4v) is 2.33. The van der Waals surface area contributed by atoms with Gasteiger partial charge in [0.2, 0.25) is 0 Å². The Morgan fingerprint density at radius 2 is 1.80 bits per heavy atom. The molecule has 1 unspecified atom stereocenters. The molecule has 0 spiro atoms. The molecule has 0 saturated heterocycles. The maximum atomic E-state index is 11.1. The van der Waals surface area contributed by atoms with Crippen LogP contribution in [0.5, 0.6) is 0 Å². The van der Waals surface area contributed by atoms with E-state index >= 15 is 0 Å². The predicted molar refractivity (Wildman–Crippen MR) is 67.4 cm³/mol. The van der Waals surface area contributed by atoms with Gasteiger partial charge in [-0.2, -0.15) is 0 Å². The van der Waals surface area contributed by atoms with E-state index < -0.39 is 0 Å². The Balaban J connectivity index is 2.61. The first-order valence-corrected chi connectivity index (χ1v) is 6.23. The Labute approximate surface area is 96.3 Å². The highest BCUT2D eigenvalue weighted by atomic mass is 32.2. The average Bonchev–Trinajstić information content (AvgIpc) is 2.12. The van der Waals surface area contributed by atoms with Crippen molar-refractivity contribution in [2.75, 3.05) is 0 Å². The van der Waals surface area contributed by atoms with Gasteiger partial charge in [0.05, 0.1) is 5.25 Å². The molecule has 1 aromatic rings. The highest BCUT2D eigenvalue weighted by Crippen LogP contribution is 2.20. The second kappa shape index (κ2) is 5.36. The van der Waals surface area contributed by atoms with Crippen molar-refractivity contribution >= 4 is 17.5 Å². The summed E-state index contributed by atoms with van der Waals surface area (Å²) in [7, 11) is 0. The topological polar surface area (TPSA) is 17.1 Å². The van der Waals surface area contributed by atoms with Gasteiger partial charge in [-0.3, -0.25) is 4.79 Å². The van der Waals surface area contributed by atoms with Gasteiger partial charge in [0.25, 0.3) is 0 Å². The van der Waals surface area contributed by atoms with Gasteiger partial charge >= 0.3 is 0 Å². The first-order chi connectivity index (χ1) is 6.99. The summed E-state index contributed by atoms with van der Waals surface area (Å²) in [6.45, 7) is 7.83. The minimum Gasteiger partial charge on any atom is -0.299 e. The maximum absolute atomic E-state index is 11.1. The Morgan fingerprint density at radius 1 is 1.27 bits per heavy atom. The summed E-state index contributed by atoms with van der Waals surface area (Å²) in [6.07, 6.45) is 0. The van der Waals surface area contributed by atoms with Crippen LogP contribution in [0.1, 0.15) is 30.5 Å². The van der Waals surface area contributed by atoms with E-state index in [1.54, 1.807) is 18.7 Å². The van der Waals surface area contributed by atoms with Gasteiger partial charge in [-0.15, -0.1) is 11.8 Å². The normalized spacial score (nSPS) is 12.5. The fraction of sp³-hybridized carbons (Fsp3) is 0.462. The fourth-order valence-electron chi connectivity index (χ4n) is 1.49. The van der Waals surface area contributed by atoms with Gasteiger partial charge in [0.15, 0.2) is 0 Å². The SMILES string of the molecule is CC(=O)C(C)SCc1cc(C)cc(C)c1. The molecule has 1 atom stereocenters. The zero-order valence-corrected chi connectivity index (χ0v) is 10.6. The highest BCUT2D eigenvalue weighted by Gasteiger charge is 2.07. The molecular formula is C13H18OS. The van der Waals surface area contributed by atoms with Gasteiger partial charge in [0.1, 0.15) is 5.78 Å². The number of carbonyl (C=O) groups is 1. The molecule has 1 aromatic carbocycles. The van der Waals surface area contributed by atoms with Crippen LogP contribution in [0.3, 0.4) is 0 Å². The lowest BCUT2D eigenvalue weighted by atomic mass is 10.1. The minimum atomic E-state index is 0.103. The molecule has 1 nitrogen and oxygen atoms in total. The van der Waals surface area contributed by atoms with Crippen molar-refractivity contribution in [1.82, 2.24) is 0 Å². The quantitative estimate of drug-likeness (QED) is 0.775. The van der Waals surface area contributed by atoms with E-state index in [0.717, 1.165) is 5.75 Å². The summed E-state index contributed by atoms with van der Waals surface area (Å²) >= 11 is 1.71. The zero-order valence-electron chi connectivity index (χ0n) is 9.83. The Hall–Kier alpha value is -0.760. The lowest BCUT2D eigenvalue weighted by molar-refractivity contribution is -0.116. The van der Waals surface area contributed by atoms with Crippen LogP contribution < -0.4 is 0 Å². The largest absolute Gasteiger partial charge is 0.299 e. The molecule has 0 amide bonds. The smallest absolute Gasteiger partial charge is 0.142 e. The molecule has 0 radical (unpaired) electrons. The van der Waals surface area contributed by atoms with E-state index in [2.05, 4.69) is 32.0 Å². The second-order valence-corrected chi connectivity index (χ2v) is 5.39. The zero-order chi connectivity index (χ0) is 11.4. The van der Waals surface area contributed by atoms with Crippen LogP contribution in [0.15, 0.2) is 18.2 Å². The van der Waals surface area contributed by atoms with Crippen LogP contribution in [-0.2, 0) is 10.5 Å². The Morgan fingerprint density at radius 3 is 2.27 bits per heavy atom. The summed E-state index contributed by atoms with van der Waals surface area (Å²) in [5, 5.41) is 0.103. The van der Waals surface area contributed by atoms with Gasteiger partial charge < -0.3 is 0 Å². The Kier molecular flexibility index (Phi) is 4.40. The van der Waals surface area contributed by atoms with Crippen LogP contribution in [0, 0.1) is 13.8 Å². The third-order valence-electron chi connectivity index (χ3n) is 2.35. The van der Waals surface area contributed by atoms with Crippen LogP contribution >= 0.6 is 11.8 Å². The molecule has 0 fully saturated rings. The van der Waals surface area contributed by atoms with Crippen molar-refractivity contribution in [3.05, 3.63) is 34.9 Å². The van der Waals surface area contributed by atoms with Crippen molar-refractivity contribution < 1.29 is 4.79 Å². The molecule has 0 N–H and O–H groups in total. The number of aryl methyl sites for hydroxylation is 2. The van der Waals surface area contributed by atoms with E-state index in [0.29, 0.717) is 0 Å². The lowest BCUT2D eigenvalue weighted by Crippen LogP contribution is -2.08. The molecular weight excluding hydrogens is 204 g/mol. The number of hydrogen-bond acceptors (Lipinski definition) is 2. The molecule has 0 aliphatic rings. The number of ketones is 1. The van der Waals surface area contributed by atoms with Gasteiger partial charge in [-0.1, -0.05) is 29.3 Å². The first kappa shape index (κ1) is 12.3. The molecule has 0 aliphatic carbocycles. The Bertz CT molecular complexity index is 337. The number of carbonyl (C=O) groups excluding carboxylic acids is 1. The molecule has 82 valence electrons. The summed E-state index contributed by atoms with van der Waals surface area (Å²) in [5.41, 5.74) is 3.90. The molecule has 2 heteroatoms. The second-order valence-electron chi connectivity index (χ2n) is 4.06. The van der Waals surface area contributed by atoms with Crippen LogP contribution in [0.25, 0.3) is 0 Å². The van der Waals surface area contributed by atoms with Crippen molar-refractivity contribution in [1.29, 1.82) is 0 Å². The monoisotopic (exact) mass is 222 g/mol. The third kappa shape index (κ3) is 4.08. The summed E-state index contributed by atoms with van der Waals surface area (Å²) < 4.78 is 0. The van der Waals surface area contributed by atoms with E-state index in [1.807, 2.05) is 6.92 Å². The van der Waals surface area contributed by atoms with Crippen molar-refractivity contribution in [2.24, 2.45) is 0 Å². The van der Waals surface area contributed by atoms with Crippen molar-refractivity contribution in [2.45, 2.75) is 38.7 Å². The van der Waals surface area contributed by atoms with Crippen molar-refractivity contribution in [3.63, 3.8) is 0 Å². The summed E-state index contributed by atoms with van der Waals surface area (Å²) in [5.74, 6) is 1.17. The molecule has 1 rings (SSSR count). The summed E-state index contributed by atoms with van der Waals surface area (Å²) in [4.78, 5) is 11.1. The number of hydrogen-bond donors (Lipinski definition) is 0. The van der Waals surface area contributed by atoms with Crippen molar-refractivity contribution in [3.8, 4) is 0 Å². The molecule has 0 bridgehead atoms. The molecule has 0 aromatic heterocycles. The van der Waals surface area contributed by atoms with Crippen LogP contribution in [0.2, 0.25) is 0 Å². The van der Waals surface area contributed by atoms with Crippen LogP contribution in [-0.4, -0.2) is 11.0 Å². The molecule has 15 heavy (non-hydrogen) atoms. The number of rotatable bonds is 4. The predicted octanol–water partition coefficient (Wildman–Crippen LogP) is 3.51. The molecule has 0 saturated carbocycles. The standard InChI is InChI=1S/C13H18OS/c1-9-5-10(2)7-13(6-9)8-15-12(4)11(3)14/h5-7,12H,8H2,1-4H3. The average molecular weight is 222 g/mol. The summed E-state index contributed by atoms with van der Waals surface area (Å²) in [6, 6.07) is 6.54. The first-order valence-electron chi connectivity index (χ1n) is 5.18.